The molecule has 20 heavy (non-hydrogen) atoms. The van der Waals surface area contributed by atoms with Crippen LogP contribution >= 0.6 is 0 Å². The van der Waals surface area contributed by atoms with Crippen molar-refractivity contribution in [2.24, 2.45) is 0 Å². The maximum absolute atomic E-state index is 12.1. The number of carboxylic acids is 1. The molecule has 0 bridgehead atoms. The number of aliphatic carboxylic acids is 1. The predicted molar refractivity (Wildman–Crippen MR) is 72.0 cm³/mol. The molecule has 0 amide bonds. The third kappa shape index (κ3) is 2.53. The number of carbonyl (C=O) groups is 1. The fraction of sp³-hybridized carbons (Fsp3) is 0.333. The average Bonchev–Trinajstić information content (AvgIpc) is 2.39. The van der Waals surface area contributed by atoms with Crippen LogP contribution in [0.4, 0.5) is 0 Å². The van der Waals surface area contributed by atoms with E-state index in [0.717, 1.165) is 9.13 Å². The summed E-state index contributed by atoms with van der Waals surface area (Å²) in [4.78, 5) is 47.2. The molecule has 0 saturated carbocycles. The summed E-state index contributed by atoms with van der Waals surface area (Å²) < 4.78 is 2.02. The standard InChI is InChI=1S/C12H15N3O5/c1-4-6-13-10(18)14(7-5-2)12(20)15(11(13)19)8(3)9(16)17/h4-5,8H,1-2,6-7H2,3H3,(H,16,17). The van der Waals surface area contributed by atoms with E-state index in [-0.39, 0.29) is 13.1 Å². The van der Waals surface area contributed by atoms with Crippen molar-refractivity contribution in [1.29, 1.82) is 0 Å². The molecule has 0 aromatic carbocycles. The molecule has 1 N–H and O–H groups in total. The Morgan fingerprint density at radius 2 is 1.50 bits per heavy atom. The predicted octanol–water partition coefficient (Wildman–Crippen LogP) is -0.811. The maximum Gasteiger partial charge on any atom is 0.337 e. The number of hydrogen-bond acceptors (Lipinski definition) is 4. The lowest BCUT2D eigenvalue weighted by Gasteiger charge is -2.14. The summed E-state index contributed by atoms with van der Waals surface area (Å²) in [6.45, 7) is 7.77. The molecule has 108 valence electrons. The highest BCUT2D eigenvalue weighted by atomic mass is 16.4. The molecule has 1 rings (SSSR count). The molecule has 0 radical (unpaired) electrons. The van der Waals surface area contributed by atoms with E-state index in [1.165, 1.54) is 19.1 Å². The maximum atomic E-state index is 12.1. The Hall–Kier alpha value is -2.64. The minimum absolute atomic E-state index is 0.124. The fourth-order valence-electron chi connectivity index (χ4n) is 1.66. The van der Waals surface area contributed by atoms with Crippen molar-refractivity contribution in [3.05, 3.63) is 56.8 Å². The van der Waals surface area contributed by atoms with Gasteiger partial charge in [0, 0.05) is 0 Å². The van der Waals surface area contributed by atoms with E-state index in [1.807, 2.05) is 0 Å². The Kier molecular flexibility index (Phi) is 4.63. The molecular formula is C12H15N3O5. The van der Waals surface area contributed by atoms with Crippen LogP contribution in [0.5, 0.6) is 0 Å². The third-order valence-corrected chi connectivity index (χ3v) is 2.70. The molecule has 1 unspecified atom stereocenters. The van der Waals surface area contributed by atoms with Crippen LogP contribution < -0.4 is 17.1 Å². The first kappa shape index (κ1) is 15.4. The van der Waals surface area contributed by atoms with E-state index >= 15 is 0 Å². The Morgan fingerprint density at radius 3 is 1.80 bits per heavy atom. The first-order valence-corrected chi connectivity index (χ1v) is 5.77. The summed E-state index contributed by atoms with van der Waals surface area (Å²) in [6, 6.07) is -1.39. The summed E-state index contributed by atoms with van der Waals surface area (Å²) in [5.41, 5.74) is -2.78. The Bertz CT molecular complexity index is 674. The van der Waals surface area contributed by atoms with Crippen LogP contribution in [0, 0.1) is 0 Å². The number of aromatic nitrogens is 3. The van der Waals surface area contributed by atoms with Gasteiger partial charge in [-0.05, 0) is 6.92 Å². The summed E-state index contributed by atoms with van der Waals surface area (Å²) in [5, 5.41) is 8.96. The van der Waals surface area contributed by atoms with Crippen molar-refractivity contribution in [2.75, 3.05) is 0 Å². The lowest BCUT2D eigenvalue weighted by Crippen LogP contribution is -2.55. The normalized spacial score (nSPS) is 11.8. The third-order valence-electron chi connectivity index (χ3n) is 2.70. The second-order valence-corrected chi connectivity index (χ2v) is 4.03. The zero-order valence-electron chi connectivity index (χ0n) is 11.0. The van der Waals surface area contributed by atoms with E-state index in [0.29, 0.717) is 4.57 Å². The molecule has 1 atom stereocenters. The van der Waals surface area contributed by atoms with Crippen LogP contribution in [0.15, 0.2) is 39.7 Å². The zero-order valence-corrected chi connectivity index (χ0v) is 11.0. The van der Waals surface area contributed by atoms with Crippen LogP contribution in [0.1, 0.15) is 13.0 Å². The van der Waals surface area contributed by atoms with E-state index in [9.17, 15) is 19.2 Å². The van der Waals surface area contributed by atoms with Crippen molar-refractivity contribution in [3.8, 4) is 0 Å². The average molecular weight is 281 g/mol. The van der Waals surface area contributed by atoms with Crippen molar-refractivity contribution in [1.82, 2.24) is 13.7 Å². The summed E-state index contributed by atoms with van der Waals surface area (Å²) in [6.07, 6.45) is 2.61. The molecule has 0 aliphatic heterocycles. The van der Waals surface area contributed by atoms with Crippen LogP contribution in [0.2, 0.25) is 0 Å². The lowest BCUT2D eigenvalue weighted by atomic mass is 10.3. The molecule has 0 aliphatic rings. The van der Waals surface area contributed by atoms with Crippen molar-refractivity contribution >= 4 is 5.97 Å². The Labute approximate surface area is 113 Å². The van der Waals surface area contributed by atoms with Crippen molar-refractivity contribution in [2.45, 2.75) is 26.1 Å². The van der Waals surface area contributed by atoms with E-state index in [2.05, 4.69) is 13.2 Å². The molecule has 1 heterocycles. The quantitative estimate of drug-likeness (QED) is 0.687. The second-order valence-electron chi connectivity index (χ2n) is 4.03. The fourth-order valence-corrected chi connectivity index (χ4v) is 1.66. The van der Waals surface area contributed by atoms with Gasteiger partial charge in [-0.25, -0.2) is 32.9 Å². The number of nitrogens with zero attached hydrogens (tertiary/aromatic N) is 3. The largest absolute Gasteiger partial charge is 0.480 e. The van der Waals surface area contributed by atoms with E-state index in [4.69, 9.17) is 5.11 Å². The van der Waals surface area contributed by atoms with Gasteiger partial charge >= 0.3 is 23.0 Å². The SMILES string of the molecule is C=CCn1c(=O)n(CC=C)c(=O)n(C(C)C(=O)O)c1=O. The molecule has 0 saturated heterocycles. The van der Waals surface area contributed by atoms with Gasteiger partial charge in [0.05, 0.1) is 13.1 Å². The minimum Gasteiger partial charge on any atom is -0.480 e. The highest BCUT2D eigenvalue weighted by molar-refractivity contribution is 5.71. The van der Waals surface area contributed by atoms with Gasteiger partial charge in [-0.3, -0.25) is 0 Å². The van der Waals surface area contributed by atoms with E-state index in [1.54, 1.807) is 0 Å². The van der Waals surface area contributed by atoms with Gasteiger partial charge in [-0.1, -0.05) is 12.2 Å². The lowest BCUT2D eigenvalue weighted by molar-refractivity contribution is -0.140. The molecule has 1 aromatic heterocycles. The van der Waals surface area contributed by atoms with Gasteiger partial charge < -0.3 is 5.11 Å². The molecule has 8 nitrogen and oxygen atoms in total. The zero-order chi connectivity index (χ0) is 15.4. The van der Waals surface area contributed by atoms with Crippen LogP contribution in [0.3, 0.4) is 0 Å². The highest BCUT2D eigenvalue weighted by Crippen LogP contribution is 1.97. The first-order chi connectivity index (χ1) is 9.36. The molecular weight excluding hydrogens is 266 g/mol. The van der Waals surface area contributed by atoms with Crippen molar-refractivity contribution < 1.29 is 9.90 Å². The topological polar surface area (TPSA) is 103 Å². The molecule has 0 fully saturated rings. The van der Waals surface area contributed by atoms with Gasteiger partial charge in [0.15, 0.2) is 0 Å². The smallest absolute Gasteiger partial charge is 0.337 e. The number of hydrogen-bond donors (Lipinski definition) is 1. The van der Waals surface area contributed by atoms with Gasteiger partial charge in [0.2, 0.25) is 0 Å². The first-order valence-electron chi connectivity index (χ1n) is 5.77. The second kappa shape index (κ2) is 6.00. The Balaban J connectivity index is 3.84. The number of rotatable bonds is 6. The monoisotopic (exact) mass is 281 g/mol. The van der Waals surface area contributed by atoms with Gasteiger partial charge in [0.1, 0.15) is 6.04 Å². The van der Waals surface area contributed by atoms with Crippen molar-refractivity contribution in [3.63, 3.8) is 0 Å². The minimum atomic E-state index is -1.39. The molecule has 0 spiro atoms. The van der Waals surface area contributed by atoms with Crippen LogP contribution in [-0.2, 0) is 17.9 Å². The number of allylic oxidation sites excluding steroid dienone is 2. The molecule has 8 heteroatoms. The van der Waals surface area contributed by atoms with E-state index < -0.39 is 29.1 Å². The van der Waals surface area contributed by atoms with Gasteiger partial charge in [-0.15, -0.1) is 13.2 Å². The van der Waals surface area contributed by atoms with Gasteiger partial charge in [0.25, 0.3) is 0 Å². The van der Waals surface area contributed by atoms with Gasteiger partial charge in [-0.2, -0.15) is 0 Å². The molecule has 1 aromatic rings. The Morgan fingerprint density at radius 1 is 1.10 bits per heavy atom. The van der Waals surface area contributed by atoms with Crippen LogP contribution in [0.25, 0.3) is 0 Å². The highest BCUT2D eigenvalue weighted by Gasteiger charge is 2.22. The molecule has 0 aliphatic carbocycles. The van der Waals surface area contributed by atoms with Crippen LogP contribution in [-0.4, -0.2) is 24.8 Å². The summed E-state index contributed by atoms with van der Waals surface area (Å²) in [7, 11) is 0. The summed E-state index contributed by atoms with van der Waals surface area (Å²) >= 11 is 0. The summed E-state index contributed by atoms with van der Waals surface area (Å²) in [5.74, 6) is -1.35. The number of carboxylic acid groups (broad SMARTS) is 1.